The zero-order valence-corrected chi connectivity index (χ0v) is 12.0. The van der Waals surface area contributed by atoms with Gasteiger partial charge in [-0.3, -0.25) is 4.79 Å². The number of nitrogens with zero attached hydrogens (tertiary/aromatic N) is 1. The van der Waals surface area contributed by atoms with Crippen molar-refractivity contribution in [1.29, 1.82) is 0 Å². The first-order valence-electron chi connectivity index (χ1n) is 7.20. The molecule has 2 N–H and O–H groups in total. The van der Waals surface area contributed by atoms with Crippen molar-refractivity contribution in [2.45, 2.75) is 32.1 Å². The zero-order valence-electron chi connectivity index (χ0n) is 12.0. The molecule has 1 unspecified atom stereocenters. The lowest BCUT2D eigenvalue weighted by Crippen LogP contribution is -2.12. The van der Waals surface area contributed by atoms with Gasteiger partial charge in [0.05, 0.1) is 6.20 Å². The van der Waals surface area contributed by atoms with Crippen LogP contribution < -0.4 is 10.5 Å². The van der Waals surface area contributed by atoms with Crippen molar-refractivity contribution >= 4 is 5.91 Å². The second-order valence-corrected chi connectivity index (χ2v) is 5.50. The number of rotatable bonds is 3. The van der Waals surface area contributed by atoms with Gasteiger partial charge in [-0.2, -0.15) is 0 Å². The number of aryl methyl sites for hydroxylation is 1. The van der Waals surface area contributed by atoms with Crippen LogP contribution in [-0.2, 0) is 6.42 Å². The average Bonchev–Trinajstić information content (AvgIpc) is 2.49. The van der Waals surface area contributed by atoms with Crippen molar-refractivity contribution in [1.82, 2.24) is 4.98 Å². The highest BCUT2D eigenvalue weighted by atomic mass is 16.5. The molecule has 4 nitrogen and oxygen atoms in total. The Morgan fingerprint density at radius 2 is 2.10 bits per heavy atom. The minimum atomic E-state index is -0.538. The van der Waals surface area contributed by atoms with E-state index in [4.69, 9.17) is 10.5 Å². The topological polar surface area (TPSA) is 65.2 Å². The molecule has 1 amide bonds. The number of aromatic nitrogens is 1. The molecule has 0 spiro atoms. The first-order valence-corrected chi connectivity index (χ1v) is 7.20. The highest BCUT2D eigenvalue weighted by molar-refractivity contribution is 5.90. The van der Waals surface area contributed by atoms with Crippen LogP contribution in [0.3, 0.4) is 0 Å². The van der Waals surface area contributed by atoms with Crippen LogP contribution in [0.2, 0.25) is 0 Å². The number of hydrogen-bond donors (Lipinski definition) is 1. The molecule has 1 aromatic heterocycles. The van der Waals surface area contributed by atoms with E-state index in [0.29, 0.717) is 11.7 Å². The molecule has 1 aromatic carbocycles. The molecular weight excluding hydrogens is 264 g/mol. The highest BCUT2D eigenvalue weighted by Crippen LogP contribution is 2.34. The molecule has 4 heteroatoms. The van der Waals surface area contributed by atoms with Crippen molar-refractivity contribution in [3.8, 4) is 11.5 Å². The normalized spacial score (nSPS) is 17.1. The Kier molecular flexibility index (Phi) is 3.60. The molecule has 1 aliphatic carbocycles. The quantitative estimate of drug-likeness (QED) is 0.938. The number of nitrogens with two attached hydrogens (primary N) is 1. The van der Waals surface area contributed by atoms with E-state index < -0.39 is 5.91 Å². The Bertz CT molecular complexity index is 665. The van der Waals surface area contributed by atoms with E-state index in [1.807, 2.05) is 6.07 Å². The number of carbonyl (C=O) groups excluding carboxylic acids is 1. The molecule has 0 fully saturated rings. The van der Waals surface area contributed by atoms with Gasteiger partial charge in [0, 0.05) is 0 Å². The van der Waals surface area contributed by atoms with Gasteiger partial charge in [-0.25, -0.2) is 4.98 Å². The van der Waals surface area contributed by atoms with Crippen LogP contribution in [0.15, 0.2) is 36.5 Å². The summed E-state index contributed by atoms with van der Waals surface area (Å²) < 4.78 is 5.81. The van der Waals surface area contributed by atoms with Gasteiger partial charge >= 0.3 is 0 Å². The van der Waals surface area contributed by atoms with Gasteiger partial charge in [0.25, 0.3) is 5.91 Å². The van der Waals surface area contributed by atoms with Crippen molar-refractivity contribution in [2.24, 2.45) is 5.73 Å². The first-order chi connectivity index (χ1) is 10.1. The zero-order chi connectivity index (χ0) is 14.8. The maximum atomic E-state index is 11.0. The van der Waals surface area contributed by atoms with Gasteiger partial charge in [0.1, 0.15) is 17.2 Å². The summed E-state index contributed by atoms with van der Waals surface area (Å²) in [6.45, 7) is 2.25. The Balaban J connectivity index is 1.81. The lowest BCUT2D eigenvalue weighted by Gasteiger charge is -2.22. The number of benzene rings is 1. The van der Waals surface area contributed by atoms with Crippen molar-refractivity contribution in [3.63, 3.8) is 0 Å². The van der Waals surface area contributed by atoms with Gasteiger partial charge in [0.2, 0.25) is 0 Å². The molecule has 1 heterocycles. The van der Waals surface area contributed by atoms with E-state index in [2.05, 4.69) is 24.0 Å². The third kappa shape index (κ3) is 2.89. The van der Waals surface area contributed by atoms with Gasteiger partial charge in [-0.05, 0) is 60.6 Å². The molecule has 0 saturated carbocycles. The van der Waals surface area contributed by atoms with Crippen LogP contribution in [0.4, 0.5) is 0 Å². The van der Waals surface area contributed by atoms with E-state index in [-0.39, 0.29) is 5.69 Å². The summed E-state index contributed by atoms with van der Waals surface area (Å²) in [4.78, 5) is 15.0. The Morgan fingerprint density at radius 3 is 2.81 bits per heavy atom. The lowest BCUT2D eigenvalue weighted by atomic mass is 9.84. The fourth-order valence-corrected chi connectivity index (χ4v) is 2.80. The summed E-state index contributed by atoms with van der Waals surface area (Å²) in [5.41, 5.74) is 8.20. The Hall–Kier alpha value is -2.36. The van der Waals surface area contributed by atoms with Crippen molar-refractivity contribution in [3.05, 3.63) is 53.3 Å². The maximum absolute atomic E-state index is 11.0. The summed E-state index contributed by atoms with van der Waals surface area (Å²) >= 11 is 0. The standard InChI is InChI=1S/C17H18N2O2/c1-11-3-2-4-12-5-6-13(9-15(11)12)21-14-7-8-16(17(18)20)19-10-14/h5-11H,2-4H2,1H3,(H2,18,20). The van der Waals surface area contributed by atoms with E-state index in [1.165, 1.54) is 30.2 Å². The summed E-state index contributed by atoms with van der Waals surface area (Å²) in [6.07, 6.45) is 5.15. The molecule has 0 bridgehead atoms. The van der Waals surface area contributed by atoms with Gasteiger partial charge in [0.15, 0.2) is 0 Å². The van der Waals surface area contributed by atoms with Gasteiger partial charge in [-0.15, -0.1) is 0 Å². The summed E-state index contributed by atoms with van der Waals surface area (Å²) in [5, 5.41) is 0. The molecular formula is C17H18N2O2. The highest BCUT2D eigenvalue weighted by Gasteiger charge is 2.17. The second kappa shape index (κ2) is 5.56. The smallest absolute Gasteiger partial charge is 0.267 e. The number of ether oxygens (including phenoxy) is 1. The third-order valence-electron chi connectivity index (χ3n) is 3.96. The van der Waals surface area contributed by atoms with Crippen LogP contribution in [0, 0.1) is 0 Å². The Morgan fingerprint density at radius 1 is 1.29 bits per heavy atom. The molecule has 0 radical (unpaired) electrons. The number of pyridine rings is 1. The fourth-order valence-electron chi connectivity index (χ4n) is 2.80. The minimum Gasteiger partial charge on any atom is -0.456 e. The predicted octanol–water partition coefficient (Wildman–Crippen LogP) is 3.41. The molecule has 1 atom stereocenters. The second-order valence-electron chi connectivity index (χ2n) is 5.50. The monoisotopic (exact) mass is 282 g/mol. The molecule has 108 valence electrons. The number of carbonyl (C=O) groups is 1. The SMILES string of the molecule is CC1CCCc2ccc(Oc3ccc(C(N)=O)nc3)cc21. The molecule has 0 aliphatic heterocycles. The molecule has 3 rings (SSSR count). The lowest BCUT2D eigenvalue weighted by molar-refractivity contribution is 0.0995. The summed E-state index contributed by atoms with van der Waals surface area (Å²) in [5.74, 6) is 1.44. The van der Waals surface area contributed by atoms with Crippen LogP contribution in [0.25, 0.3) is 0 Å². The van der Waals surface area contributed by atoms with Crippen molar-refractivity contribution < 1.29 is 9.53 Å². The number of amides is 1. The number of primary amides is 1. The van der Waals surface area contributed by atoms with Crippen LogP contribution in [0.5, 0.6) is 11.5 Å². The summed E-state index contributed by atoms with van der Waals surface area (Å²) in [6, 6.07) is 9.51. The largest absolute Gasteiger partial charge is 0.456 e. The minimum absolute atomic E-state index is 0.237. The summed E-state index contributed by atoms with van der Waals surface area (Å²) in [7, 11) is 0. The van der Waals surface area contributed by atoms with Crippen molar-refractivity contribution in [2.75, 3.05) is 0 Å². The molecule has 2 aromatic rings. The van der Waals surface area contributed by atoms with Crippen LogP contribution >= 0.6 is 0 Å². The average molecular weight is 282 g/mol. The van der Waals surface area contributed by atoms with Crippen LogP contribution in [-0.4, -0.2) is 10.9 Å². The maximum Gasteiger partial charge on any atom is 0.267 e. The van der Waals surface area contributed by atoms with E-state index in [9.17, 15) is 4.79 Å². The van der Waals surface area contributed by atoms with Crippen LogP contribution in [0.1, 0.15) is 47.3 Å². The molecule has 21 heavy (non-hydrogen) atoms. The van der Waals surface area contributed by atoms with E-state index in [1.54, 1.807) is 12.1 Å². The fraction of sp³-hybridized carbons (Fsp3) is 0.294. The van der Waals surface area contributed by atoms with Gasteiger partial charge in [-0.1, -0.05) is 13.0 Å². The predicted molar refractivity (Wildman–Crippen MR) is 80.6 cm³/mol. The first kappa shape index (κ1) is 13.6. The van der Waals surface area contributed by atoms with E-state index >= 15 is 0 Å². The molecule has 0 saturated heterocycles. The third-order valence-corrected chi connectivity index (χ3v) is 3.96. The van der Waals surface area contributed by atoms with Gasteiger partial charge < -0.3 is 10.5 Å². The van der Waals surface area contributed by atoms with E-state index in [0.717, 1.165) is 12.2 Å². The molecule has 1 aliphatic rings. The Labute approximate surface area is 124 Å². The number of fused-ring (bicyclic) bond motifs is 1. The number of hydrogen-bond acceptors (Lipinski definition) is 3.